The zero-order valence-electron chi connectivity index (χ0n) is 20.4. The van der Waals surface area contributed by atoms with Crippen molar-refractivity contribution in [3.63, 3.8) is 0 Å². The van der Waals surface area contributed by atoms with Crippen LogP contribution in [0.15, 0.2) is 11.8 Å². The highest BCUT2D eigenvalue weighted by Crippen LogP contribution is 2.57. The third kappa shape index (κ3) is 4.21. The van der Waals surface area contributed by atoms with Gasteiger partial charge in [0.05, 0.1) is 0 Å². The molecule has 0 N–H and O–H groups in total. The number of carbonyl (C=O) groups is 2. The topological polar surface area (TPSA) is 52.6 Å². The largest absolute Gasteiger partial charge is 0.429 e. The Kier molecular flexibility index (Phi) is 6.23. The van der Waals surface area contributed by atoms with Gasteiger partial charge in [-0.2, -0.15) is 0 Å². The van der Waals surface area contributed by atoms with Gasteiger partial charge in [-0.05, 0) is 80.5 Å². The molecule has 0 aromatic carbocycles. The van der Waals surface area contributed by atoms with Gasteiger partial charge in [-0.25, -0.2) is 4.79 Å². The standard InChI is InChI=1S/C25H42O4Si/c1-17(19-13-14-20-21(26)10-9-15-24(19,20)5)11-12-18-16-25(6,22(27)28-18)29-30(7,8)23(2,3)4/h16-17,19-20H,9-15H2,1-8H3/t17-,19-,20?,24+,25+/m1/s1. The van der Waals surface area contributed by atoms with E-state index in [4.69, 9.17) is 9.16 Å². The molecule has 170 valence electrons. The Morgan fingerprint density at radius 1 is 1.23 bits per heavy atom. The van der Waals surface area contributed by atoms with Crippen molar-refractivity contribution in [3.05, 3.63) is 11.8 Å². The number of allylic oxidation sites excluding steroid dienone is 1. The number of hydrogen-bond donors (Lipinski definition) is 0. The highest BCUT2D eigenvalue weighted by molar-refractivity contribution is 6.74. The molecule has 5 heteroatoms. The number of ether oxygens (including phenoxy) is 1. The lowest BCUT2D eigenvalue weighted by atomic mass is 9.62. The van der Waals surface area contributed by atoms with Crippen molar-refractivity contribution in [3.8, 4) is 0 Å². The summed E-state index contributed by atoms with van der Waals surface area (Å²) in [6.07, 6.45) is 8.86. The van der Waals surface area contributed by atoms with Crippen molar-refractivity contribution in [2.45, 2.75) is 110 Å². The molecule has 30 heavy (non-hydrogen) atoms. The Balaban J connectivity index is 1.64. The van der Waals surface area contributed by atoms with Crippen LogP contribution in [0.25, 0.3) is 0 Å². The summed E-state index contributed by atoms with van der Waals surface area (Å²) < 4.78 is 12.1. The van der Waals surface area contributed by atoms with Gasteiger partial charge in [-0.1, -0.05) is 34.6 Å². The van der Waals surface area contributed by atoms with Gasteiger partial charge in [-0.15, -0.1) is 0 Å². The van der Waals surface area contributed by atoms with Gasteiger partial charge in [0, 0.05) is 18.8 Å². The first-order valence-corrected chi connectivity index (χ1v) is 14.8. The number of carbonyl (C=O) groups excluding carboxylic acids is 2. The second-order valence-electron chi connectivity index (χ2n) is 12.0. The second-order valence-corrected chi connectivity index (χ2v) is 16.8. The van der Waals surface area contributed by atoms with Crippen LogP contribution in [0.1, 0.15) is 86.5 Å². The minimum Gasteiger partial charge on any atom is -0.429 e. The molecule has 2 fully saturated rings. The molecule has 3 rings (SSSR count). The van der Waals surface area contributed by atoms with Crippen LogP contribution < -0.4 is 0 Å². The van der Waals surface area contributed by atoms with Gasteiger partial charge >= 0.3 is 5.97 Å². The Labute approximate surface area is 184 Å². The lowest BCUT2D eigenvalue weighted by Crippen LogP contribution is -2.50. The van der Waals surface area contributed by atoms with E-state index in [9.17, 15) is 9.59 Å². The van der Waals surface area contributed by atoms with Crippen LogP contribution in [0, 0.1) is 23.2 Å². The molecule has 1 heterocycles. The van der Waals surface area contributed by atoms with Gasteiger partial charge in [0.1, 0.15) is 11.5 Å². The van der Waals surface area contributed by atoms with Crippen molar-refractivity contribution in [2.24, 2.45) is 23.2 Å². The smallest absolute Gasteiger partial charge is 0.346 e. The molecule has 2 aliphatic carbocycles. The fourth-order valence-electron chi connectivity index (χ4n) is 5.97. The highest BCUT2D eigenvalue weighted by Gasteiger charge is 2.53. The minimum atomic E-state index is -2.09. The second kappa shape index (κ2) is 7.88. The number of esters is 1. The molecule has 1 unspecified atom stereocenters. The van der Waals surface area contributed by atoms with Crippen LogP contribution in [0.2, 0.25) is 18.1 Å². The number of hydrogen-bond acceptors (Lipinski definition) is 4. The van der Waals surface area contributed by atoms with E-state index in [1.165, 1.54) is 6.42 Å². The van der Waals surface area contributed by atoms with Crippen LogP contribution in [-0.2, 0) is 18.8 Å². The van der Waals surface area contributed by atoms with Gasteiger partial charge in [0.25, 0.3) is 0 Å². The third-order valence-electron chi connectivity index (χ3n) is 8.81. The molecule has 0 aromatic heterocycles. The fraction of sp³-hybridized carbons (Fsp3) is 0.840. The average molecular weight is 435 g/mol. The Morgan fingerprint density at radius 3 is 2.53 bits per heavy atom. The van der Waals surface area contributed by atoms with Gasteiger partial charge in [0.2, 0.25) is 0 Å². The van der Waals surface area contributed by atoms with E-state index in [2.05, 4.69) is 47.7 Å². The molecule has 0 spiro atoms. The Hall–Kier alpha value is -0.943. The number of fused-ring (bicyclic) bond motifs is 1. The van der Waals surface area contributed by atoms with E-state index in [1.54, 1.807) is 0 Å². The van der Waals surface area contributed by atoms with E-state index in [0.717, 1.165) is 44.3 Å². The molecule has 0 bridgehead atoms. The molecule has 1 aliphatic heterocycles. The SMILES string of the molecule is C[C@H](CCC1=C[C@](C)(O[Si](C)(C)C(C)(C)C)C(=O)O1)[C@H]1CCC2C(=O)CCC[C@]21C. The predicted octanol–water partition coefficient (Wildman–Crippen LogP) is 6.41. The van der Waals surface area contributed by atoms with E-state index in [0.29, 0.717) is 17.6 Å². The number of ketones is 1. The van der Waals surface area contributed by atoms with Crippen LogP contribution in [0.4, 0.5) is 0 Å². The van der Waals surface area contributed by atoms with E-state index in [1.807, 2.05) is 13.0 Å². The maximum atomic E-state index is 12.7. The molecule has 0 aromatic rings. The van der Waals surface area contributed by atoms with Crippen LogP contribution in [0.5, 0.6) is 0 Å². The minimum absolute atomic E-state index is 0.0350. The molecule has 0 saturated heterocycles. The summed E-state index contributed by atoms with van der Waals surface area (Å²) in [7, 11) is -2.09. The molecule has 5 atom stereocenters. The van der Waals surface area contributed by atoms with Crippen molar-refractivity contribution in [1.29, 1.82) is 0 Å². The molecule has 4 nitrogen and oxygen atoms in total. The zero-order chi connectivity index (χ0) is 22.5. The van der Waals surface area contributed by atoms with Crippen molar-refractivity contribution in [1.82, 2.24) is 0 Å². The normalized spacial score (nSPS) is 35.8. The Bertz CT molecular complexity index is 734. The fourth-order valence-corrected chi connectivity index (χ4v) is 7.48. The molecular weight excluding hydrogens is 392 g/mol. The molecule has 2 saturated carbocycles. The summed E-state index contributed by atoms with van der Waals surface area (Å²) in [5, 5.41) is 0.0350. The quantitative estimate of drug-likeness (QED) is 0.358. The van der Waals surface area contributed by atoms with E-state index >= 15 is 0 Å². The average Bonchev–Trinajstić information content (AvgIpc) is 3.09. The first-order chi connectivity index (χ1) is 13.7. The monoisotopic (exact) mass is 434 g/mol. The number of rotatable bonds is 6. The Morgan fingerprint density at radius 2 is 1.90 bits per heavy atom. The summed E-state index contributed by atoms with van der Waals surface area (Å²) in [6.45, 7) is 17.4. The molecular formula is C25H42O4Si. The first kappa shape index (κ1) is 23.7. The zero-order valence-corrected chi connectivity index (χ0v) is 21.4. The van der Waals surface area contributed by atoms with Crippen molar-refractivity contribution in [2.75, 3.05) is 0 Å². The van der Waals surface area contributed by atoms with Crippen molar-refractivity contribution < 1.29 is 18.8 Å². The predicted molar refractivity (Wildman–Crippen MR) is 122 cm³/mol. The lowest BCUT2D eigenvalue weighted by Gasteiger charge is -2.42. The molecule has 0 radical (unpaired) electrons. The van der Waals surface area contributed by atoms with Crippen LogP contribution in [-0.4, -0.2) is 25.7 Å². The van der Waals surface area contributed by atoms with Gasteiger partial charge < -0.3 is 9.16 Å². The summed E-state index contributed by atoms with van der Waals surface area (Å²) in [5.74, 6) is 2.33. The number of Topliss-reactive ketones (excluding diaryl/α,β-unsaturated/α-hetero) is 1. The summed E-state index contributed by atoms with van der Waals surface area (Å²) in [6, 6.07) is 0. The number of cyclic esters (lactones) is 1. The molecule has 3 aliphatic rings. The first-order valence-electron chi connectivity index (χ1n) is 11.9. The third-order valence-corrected chi connectivity index (χ3v) is 13.4. The van der Waals surface area contributed by atoms with Crippen LogP contribution >= 0.6 is 0 Å². The van der Waals surface area contributed by atoms with E-state index in [-0.39, 0.29) is 22.3 Å². The highest BCUT2D eigenvalue weighted by atomic mass is 28.4. The van der Waals surface area contributed by atoms with Gasteiger partial charge in [0.15, 0.2) is 13.9 Å². The maximum absolute atomic E-state index is 12.7. The van der Waals surface area contributed by atoms with Crippen molar-refractivity contribution >= 4 is 20.1 Å². The lowest BCUT2D eigenvalue weighted by molar-refractivity contribution is -0.149. The summed E-state index contributed by atoms with van der Waals surface area (Å²) in [4.78, 5) is 25.1. The summed E-state index contributed by atoms with van der Waals surface area (Å²) >= 11 is 0. The summed E-state index contributed by atoms with van der Waals surface area (Å²) in [5.41, 5.74) is -0.808. The van der Waals surface area contributed by atoms with E-state index < -0.39 is 13.9 Å². The van der Waals surface area contributed by atoms with Gasteiger partial charge in [-0.3, -0.25) is 4.79 Å². The van der Waals surface area contributed by atoms with Crippen LogP contribution in [0.3, 0.4) is 0 Å². The molecule has 0 amide bonds. The maximum Gasteiger partial charge on any atom is 0.346 e.